The van der Waals surface area contributed by atoms with E-state index in [1.807, 2.05) is 7.05 Å². The van der Waals surface area contributed by atoms with Gasteiger partial charge in [-0.15, -0.1) is 0 Å². The Balaban J connectivity index is 2.14. The molecular weight excluding hydrogens is 295 g/mol. The summed E-state index contributed by atoms with van der Waals surface area (Å²) in [5, 5.41) is 0. The summed E-state index contributed by atoms with van der Waals surface area (Å²) in [4.78, 5) is 17.0. The summed E-state index contributed by atoms with van der Waals surface area (Å²) in [5.41, 5.74) is 0.456. The van der Waals surface area contributed by atoms with Gasteiger partial charge in [-0.3, -0.25) is 4.79 Å². The fourth-order valence-corrected chi connectivity index (χ4v) is 3.16. The van der Waals surface area contributed by atoms with Gasteiger partial charge in [0.2, 0.25) is 0 Å². The number of carbonyl (C=O) groups excluding carboxylic acids is 1. The Bertz CT molecular complexity index is 542. The summed E-state index contributed by atoms with van der Waals surface area (Å²) in [5.74, 6) is -0.0952. The van der Waals surface area contributed by atoms with Crippen LogP contribution in [0.15, 0.2) is 18.2 Å². The molecule has 1 atom stereocenters. The van der Waals surface area contributed by atoms with Crippen molar-refractivity contribution in [1.29, 1.82) is 0 Å². The van der Waals surface area contributed by atoms with E-state index in [0.29, 0.717) is 11.5 Å². The fourth-order valence-electron chi connectivity index (χ4n) is 3.16. The summed E-state index contributed by atoms with van der Waals surface area (Å²) in [6.45, 7) is 7.37. The highest BCUT2D eigenvalue weighted by molar-refractivity contribution is 5.94. The molecule has 1 aromatic rings. The molecule has 23 heavy (non-hydrogen) atoms. The molecular formula is C18H27FN2O2. The van der Waals surface area contributed by atoms with Gasteiger partial charge in [0.25, 0.3) is 5.91 Å². The number of hydrogen-bond donors (Lipinski definition) is 0. The van der Waals surface area contributed by atoms with E-state index < -0.39 is 5.82 Å². The Labute approximate surface area is 138 Å². The van der Waals surface area contributed by atoms with Crippen molar-refractivity contribution in [3.63, 3.8) is 0 Å². The molecule has 1 saturated heterocycles. The van der Waals surface area contributed by atoms with Crippen LogP contribution in [0, 0.1) is 11.7 Å². The highest BCUT2D eigenvalue weighted by atomic mass is 19.1. The number of ether oxygens (including phenoxy) is 1. The van der Waals surface area contributed by atoms with Crippen LogP contribution >= 0.6 is 0 Å². The lowest BCUT2D eigenvalue weighted by Gasteiger charge is -2.34. The Morgan fingerprint density at radius 1 is 1.35 bits per heavy atom. The minimum atomic E-state index is -0.454. The first-order valence-corrected chi connectivity index (χ1v) is 8.27. The number of benzene rings is 1. The molecule has 0 unspecified atom stereocenters. The molecule has 0 aliphatic carbocycles. The van der Waals surface area contributed by atoms with Gasteiger partial charge in [0.05, 0.1) is 7.11 Å². The van der Waals surface area contributed by atoms with Crippen LogP contribution in [0.1, 0.15) is 37.0 Å². The first-order valence-electron chi connectivity index (χ1n) is 8.27. The van der Waals surface area contributed by atoms with Crippen LogP contribution in [-0.4, -0.2) is 55.5 Å². The van der Waals surface area contributed by atoms with Gasteiger partial charge < -0.3 is 14.5 Å². The van der Waals surface area contributed by atoms with Crippen molar-refractivity contribution in [3.05, 3.63) is 29.6 Å². The predicted octanol–water partition coefficient (Wildman–Crippen LogP) is 3.03. The lowest BCUT2D eigenvalue weighted by molar-refractivity contribution is 0.0641. The smallest absolute Gasteiger partial charge is 0.254 e. The first kappa shape index (κ1) is 17.7. The third-order valence-electron chi connectivity index (χ3n) is 4.63. The highest BCUT2D eigenvalue weighted by Crippen LogP contribution is 2.21. The highest BCUT2D eigenvalue weighted by Gasteiger charge is 2.27. The molecule has 0 saturated carbocycles. The number of hydrogen-bond acceptors (Lipinski definition) is 3. The van der Waals surface area contributed by atoms with Crippen molar-refractivity contribution in [2.24, 2.45) is 5.92 Å². The molecule has 1 fully saturated rings. The normalized spacial score (nSPS) is 16.6. The van der Waals surface area contributed by atoms with Gasteiger partial charge in [-0.1, -0.05) is 13.8 Å². The predicted molar refractivity (Wildman–Crippen MR) is 89.3 cm³/mol. The third-order valence-corrected chi connectivity index (χ3v) is 4.63. The number of carbonyl (C=O) groups is 1. The number of likely N-dealkylation sites (tertiary alicyclic amines) is 1. The van der Waals surface area contributed by atoms with E-state index in [-0.39, 0.29) is 17.7 Å². The van der Waals surface area contributed by atoms with Crippen molar-refractivity contribution in [2.45, 2.75) is 32.7 Å². The zero-order valence-corrected chi connectivity index (χ0v) is 14.5. The molecule has 1 aliphatic heterocycles. The molecule has 128 valence electrons. The molecule has 2 rings (SSSR count). The minimum absolute atomic E-state index is 0.0961. The monoisotopic (exact) mass is 322 g/mol. The molecule has 0 radical (unpaired) electrons. The number of rotatable bonds is 6. The molecule has 1 amide bonds. The SMILES string of the molecule is COc1cc(C(=O)N(C)[C@H](CN2CCCC2)C(C)C)ccc1F. The zero-order chi connectivity index (χ0) is 17.0. The molecule has 5 heteroatoms. The van der Waals surface area contributed by atoms with Crippen molar-refractivity contribution in [1.82, 2.24) is 9.80 Å². The summed E-state index contributed by atoms with van der Waals surface area (Å²) in [7, 11) is 3.24. The molecule has 0 aromatic heterocycles. The van der Waals surface area contributed by atoms with E-state index in [0.717, 1.165) is 19.6 Å². The molecule has 1 heterocycles. The first-order chi connectivity index (χ1) is 10.9. The van der Waals surface area contributed by atoms with Crippen LogP contribution in [0.5, 0.6) is 5.75 Å². The van der Waals surface area contributed by atoms with Crippen LogP contribution in [0.2, 0.25) is 0 Å². The van der Waals surface area contributed by atoms with E-state index in [1.165, 1.54) is 38.2 Å². The second kappa shape index (κ2) is 7.77. The van der Waals surface area contributed by atoms with E-state index in [2.05, 4.69) is 18.7 Å². The maximum atomic E-state index is 13.5. The van der Waals surface area contributed by atoms with Crippen molar-refractivity contribution >= 4 is 5.91 Å². The Morgan fingerprint density at radius 2 is 2.00 bits per heavy atom. The molecule has 0 spiro atoms. The summed E-state index contributed by atoms with van der Waals surface area (Å²) in [6, 6.07) is 4.41. The van der Waals surface area contributed by atoms with Crippen molar-refractivity contribution < 1.29 is 13.9 Å². The van der Waals surface area contributed by atoms with E-state index in [1.54, 1.807) is 4.90 Å². The second-order valence-electron chi connectivity index (χ2n) is 6.58. The summed E-state index contributed by atoms with van der Waals surface area (Å²) >= 11 is 0. The molecule has 4 nitrogen and oxygen atoms in total. The average Bonchev–Trinajstić information content (AvgIpc) is 3.04. The number of likely N-dealkylation sites (N-methyl/N-ethyl adjacent to an activating group) is 1. The van der Waals surface area contributed by atoms with Gasteiger partial charge in [-0.05, 0) is 50.0 Å². The molecule has 1 aromatic carbocycles. The molecule has 0 bridgehead atoms. The van der Waals surface area contributed by atoms with E-state index in [9.17, 15) is 9.18 Å². The molecule has 0 N–H and O–H groups in total. The van der Waals surface area contributed by atoms with Crippen LogP contribution in [0.4, 0.5) is 4.39 Å². The minimum Gasteiger partial charge on any atom is -0.494 e. The van der Waals surface area contributed by atoms with Gasteiger partial charge in [0.1, 0.15) is 0 Å². The van der Waals surface area contributed by atoms with Gasteiger partial charge in [-0.25, -0.2) is 4.39 Å². The van der Waals surface area contributed by atoms with Crippen molar-refractivity contribution in [3.8, 4) is 5.75 Å². The summed E-state index contributed by atoms with van der Waals surface area (Å²) < 4.78 is 18.5. The maximum Gasteiger partial charge on any atom is 0.254 e. The van der Waals surface area contributed by atoms with Crippen LogP contribution < -0.4 is 4.74 Å². The van der Waals surface area contributed by atoms with Crippen LogP contribution in [-0.2, 0) is 0 Å². The number of halogens is 1. The van der Waals surface area contributed by atoms with E-state index in [4.69, 9.17) is 4.74 Å². The third kappa shape index (κ3) is 4.22. The number of methoxy groups -OCH3 is 1. The average molecular weight is 322 g/mol. The molecule has 1 aliphatic rings. The number of amides is 1. The lowest BCUT2D eigenvalue weighted by Crippen LogP contribution is -2.47. The van der Waals surface area contributed by atoms with Crippen molar-refractivity contribution in [2.75, 3.05) is 33.8 Å². The number of nitrogens with zero attached hydrogens (tertiary/aromatic N) is 2. The Kier molecular flexibility index (Phi) is 5.99. The van der Waals surface area contributed by atoms with Crippen LogP contribution in [0.3, 0.4) is 0 Å². The van der Waals surface area contributed by atoms with Gasteiger partial charge >= 0.3 is 0 Å². The van der Waals surface area contributed by atoms with E-state index >= 15 is 0 Å². The van der Waals surface area contributed by atoms with Gasteiger partial charge in [-0.2, -0.15) is 0 Å². The largest absolute Gasteiger partial charge is 0.494 e. The summed E-state index contributed by atoms with van der Waals surface area (Å²) in [6.07, 6.45) is 2.47. The zero-order valence-electron chi connectivity index (χ0n) is 14.5. The standard InChI is InChI=1S/C18H27FN2O2/c1-13(2)16(12-21-9-5-6-10-21)20(3)18(22)14-7-8-15(19)17(11-14)23-4/h7-8,11,13,16H,5-6,9-10,12H2,1-4H3/t16-/m1/s1. The Hall–Kier alpha value is -1.62. The Morgan fingerprint density at radius 3 is 2.57 bits per heavy atom. The topological polar surface area (TPSA) is 32.8 Å². The quantitative estimate of drug-likeness (QED) is 0.807. The second-order valence-corrected chi connectivity index (χ2v) is 6.58. The van der Waals surface area contributed by atoms with Gasteiger partial charge in [0.15, 0.2) is 11.6 Å². The lowest BCUT2D eigenvalue weighted by atomic mass is 10.0. The maximum absolute atomic E-state index is 13.5. The van der Waals surface area contributed by atoms with Crippen LogP contribution in [0.25, 0.3) is 0 Å². The fraction of sp³-hybridized carbons (Fsp3) is 0.611. The van der Waals surface area contributed by atoms with Gasteiger partial charge in [0, 0.05) is 25.2 Å².